The van der Waals surface area contributed by atoms with Crippen LogP contribution in [-0.2, 0) is 4.79 Å². The van der Waals surface area contributed by atoms with E-state index in [1.165, 1.54) is 25.7 Å². The van der Waals surface area contributed by atoms with Crippen LogP contribution >= 0.6 is 0 Å². The fourth-order valence-corrected chi connectivity index (χ4v) is 3.63. The summed E-state index contributed by atoms with van der Waals surface area (Å²) in [6, 6.07) is 0.847. The van der Waals surface area contributed by atoms with E-state index in [2.05, 4.69) is 18.7 Å². The first-order valence-electron chi connectivity index (χ1n) is 8.14. The van der Waals surface area contributed by atoms with Gasteiger partial charge in [-0.2, -0.15) is 0 Å². The third kappa shape index (κ3) is 3.95. The Morgan fingerprint density at radius 2 is 1.68 bits per heavy atom. The second-order valence-corrected chi connectivity index (χ2v) is 6.93. The van der Waals surface area contributed by atoms with Crippen LogP contribution in [0.3, 0.4) is 0 Å². The number of hydrogen-bond acceptors (Lipinski definition) is 2. The third-order valence-corrected chi connectivity index (χ3v) is 4.73. The highest BCUT2D eigenvalue weighted by atomic mass is 16.2. The van der Waals surface area contributed by atoms with Gasteiger partial charge < -0.3 is 10.6 Å². The largest absolute Gasteiger partial charge is 0.339 e. The molecule has 3 heteroatoms. The fraction of sp³-hybridized carbons (Fsp3) is 0.938. The van der Waals surface area contributed by atoms with E-state index in [-0.39, 0.29) is 5.92 Å². The molecule has 2 N–H and O–H groups in total. The molecule has 0 aromatic rings. The van der Waals surface area contributed by atoms with E-state index < -0.39 is 0 Å². The van der Waals surface area contributed by atoms with Crippen LogP contribution in [0.4, 0.5) is 0 Å². The Balaban J connectivity index is 1.98. The van der Waals surface area contributed by atoms with Gasteiger partial charge in [0.25, 0.3) is 0 Å². The number of carbonyl (C=O) groups is 1. The van der Waals surface area contributed by atoms with E-state index in [1.54, 1.807) is 0 Å². The van der Waals surface area contributed by atoms with Gasteiger partial charge in [-0.1, -0.05) is 26.7 Å². The highest BCUT2D eigenvalue weighted by Crippen LogP contribution is 2.30. The van der Waals surface area contributed by atoms with Crippen molar-refractivity contribution in [3.8, 4) is 0 Å². The lowest BCUT2D eigenvalue weighted by Crippen LogP contribution is -2.45. The highest BCUT2D eigenvalue weighted by Gasteiger charge is 2.33. The van der Waals surface area contributed by atoms with Crippen molar-refractivity contribution in [2.75, 3.05) is 6.54 Å². The van der Waals surface area contributed by atoms with Crippen molar-refractivity contribution in [3.63, 3.8) is 0 Å². The molecule has 3 nitrogen and oxygen atoms in total. The van der Waals surface area contributed by atoms with Crippen LogP contribution in [0.15, 0.2) is 0 Å². The second-order valence-electron chi connectivity index (χ2n) is 6.93. The van der Waals surface area contributed by atoms with E-state index in [0.29, 0.717) is 23.9 Å². The van der Waals surface area contributed by atoms with Gasteiger partial charge in [0.2, 0.25) is 5.91 Å². The van der Waals surface area contributed by atoms with E-state index >= 15 is 0 Å². The van der Waals surface area contributed by atoms with Gasteiger partial charge in [-0.05, 0) is 44.4 Å². The van der Waals surface area contributed by atoms with Crippen molar-refractivity contribution in [1.29, 1.82) is 0 Å². The lowest BCUT2D eigenvalue weighted by molar-refractivity contribution is -0.139. The zero-order valence-corrected chi connectivity index (χ0v) is 12.6. The number of nitrogens with two attached hydrogens (primary N) is 1. The Bertz CT molecular complexity index is 289. The lowest BCUT2D eigenvalue weighted by Gasteiger charge is -2.35. The smallest absolute Gasteiger partial charge is 0.225 e. The van der Waals surface area contributed by atoms with Crippen LogP contribution in [-0.4, -0.2) is 29.4 Å². The molecule has 2 rings (SSSR count). The summed E-state index contributed by atoms with van der Waals surface area (Å²) < 4.78 is 0. The van der Waals surface area contributed by atoms with Gasteiger partial charge in [-0.3, -0.25) is 4.79 Å². The molecule has 110 valence electrons. The Morgan fingerprint density at radius 1 is 1.11 bits per heavy atom. The zero-order valence-electron chi connectivity index (χ0n) is 12.6. The molecule has 0 heterocycles. The van der Waals surface area contributed by atoms with Crippen LogP contribution in [0.2, 0.25) is 0 Å². The average molecular weight is 266 g/mol. The van der Waals surface area contributed by atoms with Crippen molar-refractivity contribution >= 4 is 5.91 Å². The molecule has 2 aliphatic carbocycles. The molecule has 0 saturated heterocycles. The minimum atomic E-state index is 0.249. The number of nitrogens with zero attached hydrogens (tertiary/aromatic N) is 1. The first-order valence-corrected chi connectivity index (χ1v) is 8.14. The van der Waals surface area contributed by atoms with Gasteiger partial charge in [-0.25, -0.2) is 0 Å². The number of amides is 1. The molecule has 19 heavy (non-hydrogen) atoms. The van der Waals surface area contributed by atoms with Crippen molar-refractivity contribution in [3.05, 3.63) is 0 Å². The summed E-state index contributed by atoms with van der Waals surface area (Å²) in [5.74, 6) is 1.24. The summed E-state index contributed by atoms with van der Waals surface area (Å²) in [6.07, 6.45) is 9.06. The van der Waals surface area contributed by atoms with Crippen molar-refractivity contribution in [1.82, 2.24) is 4.90 Å². The maximum Gasteiger partial charge on any atom is 0.225 e. The van der Waals surface area contributed by atoms with Crippen molar-refractivity contribution in [2.45, 2.75) is 77.3 Å². The Morgan fingerprint density at radius 3 is 2.21 bits per heavy atom. The van der Waals surface area contributed by atoms with Crippen LogP contribution in [0.1, 0.15) is 65.2 Å². The monoisotopic (exact) mass is 266 g/mol. The molecule has 0 atom stereocenters. The predicted molar refractivity (Wildman–Crippen MR) is 78.7 cm³/mol. The standard InChI is InChI=1S/C16H30N2O/c1-12(2)11-18(15-5-3-4-6-15)16(19)13-7-9-14(17)10-8-13/h12-15H,3-11,17H2,1-2H3. The van der Waals surface area contributed by atoms with Gasteiger partial charge in [0.05, 0.1) is 0 Å². The van der Waals surface area contributed by atoms with E-state index in [1.807, 2.05) is 0 Å². The number of rotatable bonds is 4. The maximum absolute atomic E-state index is 12.8. The van der Waals surface area contributed by atoms with Crippen LogP contribution in [0, 0.1) is 11.8 Å². The summed E-state index contributed by atoms with van der Waals surface area (Å²) in [4.78, 5) is 15.0. The molecule has 0 aromatic heterocycles. The molecule has 0 aliphatic heterocycles. The van der Waals surface area contributed by atoms with Gasteiger partial charge in [0.15, 0.2) is 0 Å². The molecule has 0 spiro atoms. The first-order chi connectivity index (χ1) is 9.08. The summed E-state index contributed by atoms with van der Waals surface area (Å²) in [5.41, 5.74) is 5.95. The topological polar surface area (TPSA) is 46.3 Å². The number of carbonyl (C=O) groups excluding carboxylic acids is 1. The van der Waals surface area contributed by atoms with Crippen molar-refractivity contribution in [2.24, 2.45) is 17.6 Å². The van der Waals surface area contributed by atoms with Crippen LogP contribution < -0.4 is 5.73 Å². The van der Waals surface area contributed by atoms with E-state index in [9.17, 15) is 4.79 Å². The molecule has 0 radical (unpaired) electrons. The Labute approximate surface area is 117 Å². The Kier molecular flexibility index (Phi) is 5.26. The SMILES string of the molecule is CC(C)CN(C(=O)C1CCC(N)CC1)C1CCCC1. The molecular formula is C16H30N2O. The van der Waals surface area contributed by atoms with Gasteiger partial charge in [0.1, 0.15) is 0 Å². The zero-order chi connectivity index (χ0) is 13.8. The minimum absolute atomic E-state index is 0.249. The molecule has 0 bridgehead atoms. The molecule has 0 aromatic carbocycles. The molecule has 1 amide bonds. The Hall–Kier alpha value is -0.570. The molecular weight excluding hydrogens is 236 g/mol. The first kappa shape index (κ1) is 14.8. The normalized spacial score (nSPS) is 28.8. The summed E-state index contributed by atoms with van der Waals surface area (Å²) in [5, 5.41) is 0. The molecule has 2 aliphatic rings. The van der Waals surface area contributed by atoms with E-state index in [0.717, 1.165) is 32.2 Å². The van der Waals surface area contributed by atoms with E-state index in [4.69, 9.17) is 5.73 Å². The van der Waals surface area contributed by atoms with Crippen molar-refractivity contribution < 1.29 is 4.79 Å². The second kappa shape index (κ2) is 6.74. The van der Waals surface area contributed by atoms with Gasteiger partial charge >= 0.3 is 0 Å². The third-order valence-electron chi connectivity index (χ3n) is 4.73. The van der Waals surface area contributed by atoms with Crippen LogP contribution in [0.5, 0.6) is 0 Å². The lowest BCUT2D eigenvalue weighted by atomic mass is 9.85. The molecule has 0 unspecified atom stereocenters. The van der Waals surface area contributed by atoms with Gasteiger partial charge in [-0.15, -0.1) is 0 Å². The quantitative estimate of drug-likeness (QED) is 0.850. The highest BCUT2D eigenvalue weighted by molar-refractivity contribution is 5.79. The fourth-order valence-electron chi connectivity index (χ4n) is 3.63. The maximum atomic E-state index is 12.8. The summed E-state index contributed by atoms with van der Waals surface area (Å²) in [6.45, 7) is 5.37. The summed E-state index contributed by atoms with van der Waals surface area (Å²) >= 11 is 0. The predicted octanol–water partition coefficient (Wildman–Crippen LogP) is 2.93. The molecule has 2 saturated carbocycles. The van der Waals surface area contributed by atoms with Crippen LogP contribution in [0.25, 0.3) is 0 Å². The summed E-state index contributed by atoms with van der Waals surface area (Å²) in [7, 11) is 0. The van der Waals surface area contributed by atoms with Gasteiger partial charge in [0, 0.05) is 24.5 Å². The number of hydrogen-bond donors (Lipinski definition) is 1. The average Bonchev–Trinajstić information content (AvgIpc) is 2.89. The molecule has 2 fully saturated rings. The minimum Gasteiger partial charge on any atom is -0.339 e.